The molecular formula is C7H13Cl2N. The van der Waals surface area contributed by atoms with Gasteiger partial charge in [0.15, 0.2) is 0 Å². The van der Waals surface area contributed by atoms with Crippen LogP contribution in [0.25, 0.3) is 0 Å². The zero-order valence-corrected chi connectivity index (χ0v) is 7.53. The SMILES string of the molecule is ClN(Cl)CC1CCCCC1. The number of halogens is 2. The maximum atomic E-state index is 5.51. The summed E-state index contributed by atoms with van der Waals surface area (Å²) in [5.74, 6) is 0.740. The van der Waals surface area contributed by atoms with Crippen molar-refractivity contribution >= 4 is 23.6 Å². The molecule has 0 amide bonds. The van der Waals surface area contributed by atoms with Crippen molar-refractivity contribution in [2.75, 3.05) is 6.54 Å². The first kappa shape index (κ1) is 8.63. The summed E-state index contributed by atoms with van der Waals surface area (Å²) in [6, 6.07) is 0. The topological polar surface area (TPSA) is 3.24 Å². The maximum absolute atomic E-state index is 5.51. The number of nitrogens with zero attached hydrogens (tertiary/aromatic N) is 1. The first-order valence-electron chi connectivity index (χ1n) is 3.88. The Kier molecular flexibility index (Phi) is 3.82. The van der Waals surface area contributed by atoms with Gasteiger partial charge in [-0.25, -0.2) is 0 Å². The zero-order valence-electron chi connectivity index (χ0n) is 6.02. The Morgan fingerprint density at radius 1 is 1.10 bits per heavy atom. The number of hydrogen-bond donors (Lipinski definition) is 0. The largest absolute Gasteiger partial charge is 0.132 e. The molecule has 0 aromatic rings. The van der Waals surface area contributed by atoms with Crippen LogP contribution in [-0.2, 0) is 0 Å². The van der Waals surface area contributed by atoms with Crippen molar-refractivity contribution in [1.29, 1.82) is 0 Å². The van der Waals surface area contributed by atoms with E-state index in [0.717, 1.165) is 12.5 Å². The Morgan fingerprint density at radius 3 is 2.20 bits per heavy atom. The maximum Gasteiger partial charge on any atom is 0.0332 e. The predicted octanol–water partition coefficient (Wildman–Crippen LogP) is 3.18. The Hall–Kier alpha value is 0.540. The van der Waals surface area contributed by atoms with Crippen molar-refractivity contribution < 1.29 is 0 Å². The average Bonchev–Trinajstić information content (AvgIpc) is 1.88. The van der Waals surface area contributed by atoms with Crippen molar-refractivity contribution in [3.05, 3.63) is 0 Å². The first-order valence-corrected chi connectivity index (χ1v) is 4.56. The third-order valence-corrected chi connectivity index (χ3v) is 2.40. The number of rotatable bonds is 2. The molecule has 10 heavy (non-hydrogen) atoms. The van der Waals surface area contributed by atoms with E-state index in [0.29, 0.717) is 0 Å². The van der Waals surface area contributed by atoms with Crippen LogP contribution in [0, 0.1) is 5.92 Å². The van der Waals surface area contributed by atoms with Gasteiger partial charge in [0.25, 0.3) is 0 Å². The van der Waals surface area contributed by atoms with Gasteiger partial charge >= 0.3 is 0 Å². The fourth-order valence-electron chi connectivity index (χ4n) is 1.56. The minimum absolute atomic E-state index is 0.740. The predicted molar refractivity (Wildman–Crippen MR) is 45.0 cm³/mol. The number of hydrogen-bond acceptors (Lipinski definition) is 1. The molecule has 0 N–H and O–H groups in total. The van der Waals surface area contributed by atoms with Crippen LogP contribution in [0.5, 0.6) is 0 Å². The van der Waals surface area contributed by atoms with Gasteiger partial charge in [0.2, 0.25) is 0 Å². The molecule has 0 bridgehead atoms. The van der Waals surface area contributed by atoms with Crippen molar-refractivity contribution in [3.8, 4) is 0 Å². The third kappa shape index (κ3) is 3.09. The van der Waals surface area contributed by atoms with E-state index in [1.807, 2.05) is 0 Å². The molecule has 1 rings (SSSR count). The summed E-state index contributed by atoms with van der Waals surface area (Å²) >= 11 is 11.0. The molecule has 0 aromatic carbocycles. The third-order valence-electron chi connectivity index (χ3n) is 2.12. The Bertz CT molecular complexity index is 89.6. The molecule has 60 valence electrons. The van der Waals surface area contributed by atoms with Crippen LogP contribution < -0.4 is 0 Å². The second-order valence-electron chi connectivity index (χ2n) is 2.99. The second kappa shape index (κ2) is 4.42. The smallest absolute Gasteiger partial charge is 0.0332 e. The molecule has 3 heteroatoms. The van der Waals surface area contributed by atoms with Crippen LogP contribution in [-0.4, -0.2) is 10.5 Å². The van der Waals surface area contributed by atoms with Gasteiger partial charge in [-0.05, 0) is 42.3 Å². The van der Waals surface area contributed by atoms with Crippen LogP contribution in [0.2, 0.25) is 0 Å². The average molecular weight is 182 g/mol. The van der Waals surface area contributed by atoms with Gasteiger partial charge in [-0.15, -0.1) is 3.94 Å². The van der Waals surface area contributed by atoms with Crippen molar-refractivity contribution in [3.63, 3.8) is 0 Å². The van der Waals surface area contributed by atoms with Crippen LogP contribution in [0.1, 0.15) is 32.1 Å². The lowest BCUT2D eigenvalue weighted by Crippen LogP contribution is -2.16. The second-order valence-corrected chi connectivity index (χ2v) is 3.98. The summed E-state index contributed by atoms with van der Waals surface area (Å²) < 4.78 is 1.26. The molecule has 0 atom stereocenters. The summed E-state index contributed by atoms with van der Waals surface area (Å²) in [6.07, 6.45) is 6.70. The Labute approximate surface area is 72.5 Å². The highest BCUT2D eigenvalue weighted by atomic mass is 35.5. The van der Waals surface area contributed by atoms with E-state index >= 15 is 0 Å². The normalized spacial score (nSPS) is 21.9. The molecule has 0 spiro atoms. The van der Waals surface area contributed by atoms with E-state index in [1.165, 1.54) is 36.0 Å². The fourth-order valence-corrected chi connectivity index (χ4v) is 1.96. The standard InChI is InChI=1S/C7H13Cl2N/c8-10(9)6-7-4-2-1-3-5-7/h7H,1-6H2. The van der Waals surface area contributed by atoms with Crippen molar-refractivity contribution in [2.45, 2.75) is 32.1 Å². The van der Waals surface area contributed by atoms with Crippen molar-refractivity contribution in [2.24, 2.45) is 5.92 Å². The van der Waals surface area contributed by atoms with Gasteiger partial charge in [-0.3, -0.25) is 0 Å². The molecule has 1 saturated carbocycles. The summed E-state index contributed by atoms with van der Waals surface area (Å²) in [5, 5.41) is 0. The molecule has 0 saturated heterocycles. The van der Waals surface area contributed by atoms with E-state index in [2.05, 4.69) is 0 Å². The fraction of sp³-hybridized carbons (Fsp3) is 1.00. The van der Waals surface area contributed by atoms with Gasteiger partial charge in [-0.1, -0.05) is 19.3 Å². The van der Waals surface area contributed by atoms with Crippen LogP contribution >= 0.6 is 23.6 Å². The lowest BCUT2D eigenvalue weighted by Gasteiger charge is -2.21. The molecule has 0 aromatic heterocycles. The summed E-state index contributed by atoms with van der Waals surface area (Å²) in [5.41, 5.74) is 0. The van der Waals surface area contributed by atoms with Crippen LogP contribution in [0.15, 0.2) is 0 Å². The lowest BCUT2D eigenvalue weighted by atomic mass is 9.90. The minimum Gasteiger partial charge on any atom is -0.132 e. The highest BCUT2D eigenvalue weighted by molar-refractivity contribution is 6.33. The molecule has 0 unspecified atom stereocenters. The molecule has 1 nitrogen and oxygen atoms in total. The van der Waals surface area contributed by atoms with E-state index < -0.39 is 0 Å². The quantitative estimate of drug-likeness (QED) is 0.593. The molecule has 0 aliphatic heterocycles. The summed E-state index contributed by atoms with van der Waals surface area (Å²) in [7, 11) is 0. The summed E-state index contributed by atoms with van der Waals surface area (Å²) in [6.45, 7) is 0.836. The molecular weight excluding hydrogens is 169 g/mol. The molecule has 0 radical (unpaired) electrons. The first-order chi connectivity index (χ1) is 4.79. The van der Waals surface area contributed by atoms with Gasteiger partial charge in [0, 0.05) is 6.54 Å². The summed E-state index contributed by atoms with van der Waals surface area (Å²) in [4.78, 5) is 0. The van der Waals surface area contributed by atoms with Gasteiger partial charge in [-0.2, -0.15) is 0 Å². The lowest BCUT2D eigenvalue weighted by molar-refractivity contribution is 0.332. The van der Waals surface area contributed by atoms with Crippen LogP contribution in [0.3, 0.4) is 0 Å². The zero-order chi connectivity index (χ0) is 7.40. The highest BCUT2D eigenvalue weighted by Gasteiger charge is 2.14. The van der Waals surface area contributed by atoms with Gasteiger partial charge in [0.05, 0.1) is 0 Å². The molecule has 1 fully saturated rings. The van der Waals surface area contributed by atoms with Crippen molar-refractivity contribution in [1.82, 2.24) is 3.94 Å². The molecule has 1 aliphatic rings. The van der Waals surface area contributed by atoms with E-state index in [1.54, 1.807) is 0 Å². The van der Waals surface area contributed by atoms with Gasteiger partial charge < -0.3 is 0 Å². The van der Waals surface area contributed by atoms with Gasteiger partial charge in [0.1, 0.15) is 0 Å². The Balaban J connectivity index is 2.13. The molecule has 0 heterocycles. The van der Waals surface area contributed by atoms with E-state index in [-0.39, 0.29) is 0 Å². The molecule has 1 aliphatic carbocycles. The minimum atomic E-state index is 0.740. The Morgan fingerprint density at radius 2 is 1.70 bits per heavy atom. The van der Waals surface area contributed by atoms with E-state index in [4.69, 9.17) is 23.6 Å². The monoisotopic (exact) mass is 181 g/mol. The van der Waals surface area contributed by atoms with E-state index in [9.17, 15) is 0 Å². The highest BCUT2D eigenvalue weighted by Crippen LogP contribution is 2.25. The van der Waals surface area contributed by atoms with Crippen LogP contribution in [0.4, 0.5) is 0 Å².